The van der Waals surface area contributed by atoms with E-state index in [1.165, 1.54) is 0 Å². The molecule has 2 nitrogen and oxygen atoms in total. The molecule has 0 spiro atoms. The summed E-state index contributed by atoms with van der Waals surface area (Å²) in [6.07, 6.45) is 4.51. The molecule has 2 atom stereocenters. The van der Waals surface area contributed by atoms with Gasteiger partial charge in [-0.15, -0.1) is 0 Å². The van der Waals surface area contributed by atoms with Crippen molar-refractivity contribution in [2.45, 2.75) is 33.1 Å². The lowest BCUT2D eigenvalue weighted by molar-refractivity contribution is -0.136. The highest BCUT2D eigenvalue weighted by Crippen LogP contribution is 2.64. The highest BCUT2D eigenvalue weighted by atomic mass is 16.4. The molecule has 0 aromatic carbocycles. The number of carbonyl (C=O) groups is 1. The van der Waals surface area contributed by atoms with Crippen molar-refractivity contribution in [3.8, 4) is 0 Å². The van der Waals surface area contributed by atoms with Crippen LogP contribution in [0.15, 0.2) is 11.6 Å². The highest BCUT2D eigenvalue weighted by Gasteiger charge is 2.57. The summed E-state index contributed by atoms with van der Waals surface area (Å²) in [4.78, 5) is 10.5. The van der Waals surface area contributed by atoms with Crippen LogP contribution in [-0.2, 0) is 4.79 Å². The van der Waals surface area contributed by atoms with Crippen LogP contribution in [0.2, 0.25) is 0 Å². The van der Waals surface area contributed by atoms with Crippen LogP contribution < -0.4 is 0 Å². The Morgan fingerprint density at radius 3 is 2.85 bits per heavy atom. The second-order valence-corrected chi connectivity index (χ2v) is 4.91. The molecule has 0 radical (unpaired) electrons. The van der Waals surface area contributed by atoms with Gasteiger partial charge in [0.2, 0.25) is 0 Å². The second kappa shape index (κ2) is 2.60. The Labute approximate surface area is 78.6 Å². The van der Waals surface area contributed by atoms with Gasteiger partial charge in [0.1, 0.15) is 0 Å². The lowest BCUT2D eigenvalue weighted by Crippen LogP contribution is -2.02. The maximum Gasteiger partial charge on any atom is 0.307 e. The van der Waals surface area contributed by atoms with Gasteiger partial charge in [-0.3, -0.25) is 4.79 Å². The first-order valence-corrected chi connectivity index (χ1v) is 4.91. The molecule has 0 bridgehead atoms. The van der Waals surface area contributed by atoms with Gasteiger partial charge in [0.15, 0.2) is 0 Å². The first-order valence-electron chi connectivity index (χ1n) is 4.91. The minimum atomic E-state index is -0.692. The molecule has 13 heavy (non-hydrogen) atoms. The first-order chi connectivity index (χ1) is 6.01. The molecule has 1 fully saturated rings. The van der Waals surface area contributed by atoms with E-state index in [2.05, 4.69) is 19.9 Å². The van der Waals surface area contributed by atoms with Gasteiger partial charge < -0.3 is 5.11 Å². The van der Waals surface area contributed by atoms with E-state index in [1.807, 2.05) is 0 Å². The van der Waals surface area contributed by atoms with Crippen molar-refractivity contribution in [2.24, 2.45) is 17.3 Å². The van der Waals surface area contributed by atoms with Crippen LogP contribution in [0.5, 0.6) is 0 Å². The summed E-state index contributed by atoms with van der Waals surface area (Å²) >= 11 is 0. The smallest absolute Gasteiger partial charge is 0.307 e. The Morgan fingerprint density at radius 2 is 2.31 bits per heavy atom. The lowest BCUT2D eigenvalue weighted by Gasteiger charge is -2.08. The molecular weight excluding hydrogens is 164 g/mol. The van der Waals surface area contributed by atoms with Gasteiger partial charge in [-0.25, -0.2) is 0 Å². The zero-order chi connectivity index (χ0) is 9.64. The van der Waals surface area contributed by atoms with Gasteiger partial charge >= 0.3 is 5.97 Å². The van der Waals surface area contributed by atoms with Crippen molar-refractivity contribution in [1.82, 2.24) is 0 Å². The predicted molar refractivity (Wildman–Crippen MR) is 50.3 cm³/mol. The van der Waals surface area contributed by atoms with Gasteiger partial charge in [0.05, 0.1) is 6.42 Å². The second-order valence-electron chi connectivity index (χ2n) is 4.91. The van der Waals surface area contributed by atoms with Gasteiger partial charge in [0.25, 0.3) is 0 Å². The normalized spacial score (nSPS) is 34.8. The van der Waals surface area contributed by atoms with E-state index in [4.69, 9.17) is 5.11 Å². The molecule has 2 heteroatoms. The quantitative estimate of drug-likeness (QED) is 0.663. The van der Waals surface area contributed by atoms with Gasteiger partial charge in [-0.1, -0.05) is 25.5 Å². The molecule has 0 saturated heterocycles. The fraction of sp³-hybridized carbons (Fsp3) is 0.727. The van der Waals surface area contributed by atoms with Crippen LogP contribution in [0.25, 0.3) is 0 Å². The van der Waals surface area contributed by atoms with Crippen molar-refractivity contribution in [2.75, 3.05) is 0 Å². The molecule has 2 aliphatic carbocycles. The minimum Gasteiger partial charge on any atom is -0.481 e. The Bertz CT molecular complexity index is 276. The molecule has 72 valence electrons. The van der Waals surface area contributed by atoms with E-state index >= 15 is 0 Å². The number of allylic oxidation sites excluding steroid dienone is 1. The van der Waals surface area contributed by atoms with Crippen molar-refractivity contribution < 1.29 is 9.90 Å². The number of hydrogen-bond acceptors (Lipinski definition) is 1. The zero-order valence-electron chi connectivity index (χ0n) is 8.21. The summed E-state index contributed by atoms with van der Waals surface area (Å²) in [6.45, 7) is 4.58. The summed E-state index contributed by atoms with van der Waals surface area (Å²) in [5, 5.41) is 8.65. The molecular formula is C11H16O2. The van der Waals surface area contributed by atoms with Crippen LogP contribution in [-0.4, -0.2) is 11.1 Å². The molecule has 2 rings (SSSR count). The van der Waals surface area contributed by atoms with Crippen molar-refractivity contribution in [3.63, 3.8) is 0 Å². The molecule has 0 aromatic rings. The average molecular weight is 180 g/mol. The fourth-order valence-electron chi connectivity index (χ4n) is 2.73. The lowest BCUT2D eigenvalue weighted by atomic mass is 9.97. The molecule has 0 aliphatic heterocycles. The molecule has 2 aliphatic rings. The minimum absolute atomic E-state index is 0.249. The van der Waals surface area contributed by atoms with Crippen molar-refractivity contribution in [3.05, 3.63) is 11.6 Å². The molecule has 1 N–H and O–H groups in total. The predicted octanol–water partition coefficient (Wildman–Crippen LogP) is 2.45. The summed E-state index contributed by atoms with van der Waals surface area (Å²) in [7, 11) is 0. The van der Waals surface area contributed by atoms with E-state index < -0.39 is 5.97 Å². The molecule has 2 unspecified atom stereocenters. The molecule has 0 aromatic heterocycles. The zero-order valence-corrected chi connectivity index (χ0v) is 8.21. The third-order valence-corrected chi connectivity index (χ3v) is 3.81. The Balaban J connectivity index is 1.98. The van der Waals surface area contributed by atoms with Crippen molar-refractivity contribution >= 4 is 5.97 Å². The van der Waals surface area contributed by atoms with Gasteiger partial charge in [-0.05, 0) is 30.1 Å². The number of fused-ring (bicyclic) bond motifs is 1. The van der Waals surface area contributed by atoms with Crippen LogP contribution in [0.4, 0.5) is 0 Å². The van der Waals surface area contributed by atoms with E-state index in [0.717, 1.165) is 30.3 Å². The third-order valence-electron chi connectivity index (χ3n) is 3.81. The number of carboxylic acids is 1. The van der Waals surface area contributed by atoms with E-state index in [1.54, 1.807) is 0 Å². The number of carboxylic acid groups (broad SMARTS) is 1. The Morgan fingerprint density at radius 1 is 1.62 bits per heavy atom. The Hall–Kier alpha value is -0.790. The number of aliphatic carboxylic acids is 1. The van der Waals surface area contributed by atoms with Crippen molar-refractivity contribution in [1.29, 1.82) is 0 Å². The van der Waals surface area contributed by atoms with Crippen LogP contribution >= 0.6 is 0 Å². The maximum absolute atomic E-state index is 10.5. The molecule has 0 heterocycles. The maximum atomic E-state index is 10.5. The van der Waals surface area contributed by atoms with Gasteiger partial charge in [0, 0.05) is 0 Å². The monoisotopic (exact) mass is 180 g/mol. The molecule has 1 saturated carbocycles. The van der Waals surface area contributed by atoms with Crippen LogP contribution in [0, 0.1) is 17.3 Å². The SMILES string of the molecule is CC1(C)C2CC=C(CC(=O)O)CC21. The standard InChI is InChI=1S/C11H16O2/c1-11(2)8-4-3-7(5-9(8)11)6-10(12)13/h3,8-9H,4-6H2,1-2H3,(H,12,13). The summed E-state index contributed by atoms with van der Waals surface area (Å²) in [6, 6.07) is 0. The summed E-state index contributed by atoms with van der Waals surface area (Å²) in [5.74, 6) is 0.889. The third kappa shape index (κ3) is 1.38. The highest BCUT2D eigenvalue weighted by molar-refractivity contribution is 5.70. The van der Waals surface area contributed by atoms with E-state index in [0.29, 0.717) is 5.41 Å². The molecule has 0 amide bonds. The Kier molecular flexibility index (Phi) is 1.76. The average Bonchev–Trinajstić information content (AvgIpc) is 2.53. The van der Waals surface area contributed by atoms with E-state index in [9.17, 15) is 4.79 Å². The summed E-state index contributed by atoms with van der Waals surface area (Å²) in [5.41, 5.74) is 1.61. The number of rotatable bonds is 2. The summed E-state index contributed by atoms with van der Waals surface area (Å²) < 4.78 is 0. The van der Waals surface area contributed by atoms with Gasteiger partial charge in [-0.2, -0.15) is 0 Å². The number of hydrogen-bond donors (Lipinski definition) is 1. The first kappa shape index (κ1) is 8.79. The van der Waals surface area contributed by atoms with Crippen LogP contribution in [0.3, 0.4) is 0 Å². The topological polar surface area (TPSA) is 37.3 Å². The van der Waals surface area contributed by atoms with E-state index in [-0.39, 0.29) is 6.42 Å². The van der Waals surface area contributed by atoms with Crippen LogP contribution in [0.1, 0.15) is 33.1 Å². The largest absolute Gasteiger partial charge is 0.481 e. The fourth-order valence-corrected chi connectivity index (χ4v) is 2.73.